The van der Waals surface area contributed by atoms with Gasteiger partial charge in [-0.2, -0.15) is 0 Å². The lowest BCUT2D eigenvalue weighted by molar-refractivity contribution is 0.749. The molecule has 0 spiro atoms. The first kappa shape index (κ1) is 13.0. The molecule has 1 unspecified atom stereocenters. The van der Waals surface area contributed by atoms with Gasteiger partial charge < -0.3 is 5.32 Å². The summed E-state index contributed by atoms with van der Waals surface area (Å²) in [6.07, 6.45) is 0. The van der Waals surface area contributed by atoms with Crippen LogP contribution in [0.5, 0.6) is 0 Å². The Hall–Kier alpha value is -0.970. The lowest BCUT2D eigenvalue weighted by Gasteiger charge is -2.09. The fourth-order valence-corrected chi connectivity index (χ4v) is 3.93. The van der Waals surface area contributed by atoms with Gasteiger partial charge in [0, 0.05) is 10.6 Å². The standard InChI is InChI=1S/C14H13ClN2S2/c15-13-7-6-11(19-13)8-16-14-17-12(9-18-14)10-4-2-1-3-5-10/h1-7,12H,8-9H2,(H,16,17). The minimum Gasteiger partial charge on any atom is -0.357 e. The average molecular weight is 309 g/mol. The van der Waals surface area contributed by atoms with Crippen LogP contribution in [0.15, 0.2) is 47.5 Å². The molecule has 19 heavy (non-hydrogen) atoms. The van der Waals surface area contributed by atoms with Crippen LogP contribution < -0.4 is 5.32 Å². The van der Waals surface area contributed by atoms with Gasteiger partial charge >= 0.3 is 0 Å². The smallest absolute Gasteiger partial charge is 0.157 e. The second-order valence-electron chi connectivity index (χ2n) is 4.25. The third-order valence-electron chi connectivity index (χ3n) is 2.89. The van der Waals surface area contributed by atoms with Crippen LogP contribution in [0.1, 0.15) is 16.5 Å². The molecular formula is C14H13ClN2S2. The first-order valence-electron chi connectivity index (χ1n) is 6.04. The molecule has 2 aromatic rings. The Kier molecular flexibility index (Phi) is 4.11. The highest BCUT2D eigenvalue weighted by atomic mass is 35.5. The Bertz CT molecular complexity index is 580. The molecule has 1 aromatic heterocycles. The molecule has 1 N–H and O–H groups in total. The zero-order valence-corrected chi connectivity index (χ0v) is 12.6. The predicted molar refractivity (Wildman–Crippen MR) is 85.2 cm³/mol. The molecule has 1 saturated heterocycles. The fraction of sp³-hybridized carbons (Fsp3) is 0.214. The Morgan fingerprint density at radius 1 is 1.21 bits per heavy atom. The van der Waals surface area contributed by atoms with E-state index in [0.717, 1.165) is 15.3 Å². The van der Waals surface area contributed by atoms with Gasteiger partial charge in [-0.05, 0) is 17.7 Å². The molecule has 1 atom stereocenters. The largest absolute Gasteiger partial charge is 0.357 e. The zero-order valence-electron chi connectivity index (χ0n) is 10.2. The van der Waals surface area contributed by atoms with Crippen molar-refractivity contribution in [2.75, 3.05) is 5.75 Å². The minimum absolute atomic E-state index is 0.372. The topological polar surface area (TPSA) is 24.4 Å². The lowest BCUT2D eigenvalue weighted by atomic mass is 10.1. The van der Waals surface area contributed by atoms with Crippen LogP contribution in [-0.4, -0.2) is 10.9 Å². The maximum absolute atomic E-state index is 5.91. The van der Waals surface area contributed by atoms with E-state index in [9.17, 15) is 0 Å². The summed E-state index contributed by atoms with van der Waals surface area (Å²) in [4.78, 5) is 5.80. The molecule has 1 aromatic carbocycles. The van der Waals surface area contributed by atoms with Gasteiger partial charge in [0.15, 0.2) is 5.17 Å². The molecule has 0 radical (unpaired) electrons. The van der Waals surface area contributed by atoms with E-state index in [1.165, 1.54) is 10.4 Å². The van der Waals surface area contributed by atoms with Crippen LogP contribution in [0.4, 0.5) is 0 Å². The molecule has 2 heterocycles. The Labute approximate surface area is 125 Å². The summed E-state index contributed by atoms with van der Waals surface area (Å²) in [5, 5.41) is 4.50. The third-order valence-corrected chi connectivity index (χ3v) is 5.13. The maximum atomic E-state index is 5.91. The van der Waals surface area contributed by atoms with Gasteiger partial charge in [0.2, 0.25) is 0 Å². The van der Waals surface area contributed by atoms with Crippen LogP contribution >= 0.6 is 34.7 Å². The summed E-state index contributed by atoms with van der Waals surface area (Å²) in [7, 11) is 0. The number of halogens is 1. The number of aliphatic imine (C=N–C) groups is 1. The van der Waals surface area contributed by atoms with Gasteiger partial charge in [-0.1, -0.05) is 53.7 Å². The van der Waals surface area contributed by atoms with Crippen LogP contribution in [-0.2, 0) is 6.54 Å². The Morgan fingerprint density at radius 3 is 2.79 bits per heavy atom. The molecule has 1 aliphatic heterocycles. The average Bonchev–Trinajstić information content (AvgIpc) is 3.06. The highest BCUT2D eigenvalue weighted by Gasteiger charge is 2.21. The number of thiophene rings is 1. The molecule has 1 fully saturated rings. The van der Waals surface area contributed by atoms with Gasteiger partial charge in [0.1, 0.15) is 0 Å². The molecule has 0 amide bonds. The van der Waals surface area contributed by atoms with E-state index < -0.39 is 0 Å². The van der Waals surface area contributed by atoms with Crippen LogP contribution in [0.2, 0.25) is 4.34 Å². The van der Waals surface area contributed by atoms with E-state index in [1.54, 1.807) is 23.1 Å². The SMILES string of the molecule is Clc1ccc(CN=C2NC(c3ccccc3)CS2)s1. The van der Waals surface area contributed by atoms with Gasteiger partial charge in [0.25, 0.3) is 0 Å². The maximum Gasteiger partial charge on any atom is 0.157 e. The number of amidine groups is 1. The van der Waals surface area contributed by atoms with Gasteiger partial charge in [-0.25, -0.2) is 0 Å². The monoisotopic (exact) mass is 308 g/mol. The molecule has 3 rings (SSSR count). The van der Waals surface area contributed by atoms with Crippen molar-refractivity contribution in [2.45, 2.75) is 12.6 Å². The second kappa shape index (κ2) is 5.99. The van der Waals surface area contributed by atoms with Crippen molar-refractivity contribution in [3.8, 4) is 0 Å². The van der Waals surface area contributed by atoms with Crippen molar-refractivity contribution in [1.29, 1.82) is 0 Å². The second-order valence-corrected chi connectivity index (χ2v) is 7.05. The summed E-state index contributed by atoms with van der Waals surface area (Å²) in [6, 6.07) is 14.8. The molecule has 1 aliphatic rings. The summed E-state index contributed by atoms with van der Waals surface area (Å²) in [5.74, 6) is 1.04. The van der Waals surface area contributed by atoms with Crippen LogP contribution in [0.3, 0.4) is 0 Å². The Morgan fingerprint density at radius 2 is 2.05 bits per heavy atom. The fourth-order valence-electron chi connectivity index (χ4n) is 1.94. The molecule has 98 valence electrons. The summed E-state index contributed by atoms with van der Waals surface area (Å²) in [6.45, 7) is 0.703. The summed E-state index contributed by atoms with van der Waals surface area (Å²) >= 11 is 9.28. The predicted octanol–water partition coefficient (Wildman–Crippen LogP) is 4.34. The zero-order chi connectivity index (χ0) is 13.1. The van der Waals surface area contributed by atoms with Gasteiger partial charge in [0.05, 0.1) is 16.9 Å². The molecule has 5 heteroatoms. The number of benzene rings is 1. The molecule has 0 bridgehead atoms. The number of rotatable bonds is 3. The van der Waals surface area contributed by atoms with Gasteiger partial charge in [-0.3, -0.25) is 4.99 Å². The molecular weight excluding hydrogens is 296 g/mol. The number of nitrogens with zero attached hydrogens (tertiary/aromatic N) is 1. The van der Waals surface area contributed by atoms with Crippen molar-refractivity contribution in [3.05, 3.63) is 57.2 Å². The summed E-state index contributed by atoms with van der Waals surface area (Å²) in [5.41, 5.74) is 1.32. The van der Waals surface area contributed by atoms with Crippen molar-refractivity contribution < 1.29 is 0 Å². The Balaban J connectivity index is 1.62. The number of thioether (sulfide) groups is 1. The van der Waals surface area contributed by atoms with Crippen molar-refractivity contribution in [2.24, 2.45) is 4.99 Å². The molecule has 0 saturated carbocycles. The van der Waals surface area contributed by atoms with E-state index in [-0.39, 0.29) is 0 Å². The first-order chi connectivity index (χ1) is 9.31. The lowest BCUT2D eigenvalue weighted by Crippen LogP contribution is -2.19. The minimum atomic E-state index is 0.372. The number of nitrogens with one attached hydrogen (secondary N) is 1. The van der Waals surface area contributed by atoms with E-state index in [0.29, 0.717) is 12.6 Å². The van der Waals surface area contributed by atoms with Crippen LogP contribution in [0, 0.1) is 0 Å². The van der Waals surface area contributed by atoms with Crippen molar-refractivity contribution >= 4 is 39.9 Å². The number of hydrogen-bond donors (Lipinski definition) is 1. The van der Waals surface area contributed by atoms with E-state index >= 15 is 0 Å². The van der Waals surface area contributed by atoms with E-state index in [1.807, 2.05) is 18.2 Å². The highest BCUT2D eigenvalue weighted by Crippen LogP contribution is 2.27. The molecule has 2 nitrogen and oxygen atoms in total. The van der Waals surface area contributed by atoms with Crippen molar-refractivity contribution in [3.63, 3.8) is 0 Å². The third kappa shape index (κ3) is 3.32. The van der Waals surface area contributed by atoms with E-state index in [2.05, 4.69) is 34.6 Å². The quantitative estimate of drug-likeness (QED) is 0.912. The van der Waals surface area contributed by atoms with Gasteiger partial charge in [-0.15, -0.1) is 11.3 Å². The number of hydrogen-bond acceptors (Lipinski definition) is 3. The van der Waals surface area contributed by atoms with Crippen LogP contribution in [0.25, 0.3) is 0 Å². The summed E-state index contributed by atoms with van der Waals surface area (Å²) < 4.78 is 0.824. The first-order valence-corrected chi connectivity index (χ1v) is 8.22. The van der Waals surface area contributed by atoms with Crippen molar-refractivity contribution in [1.82, 2.24) is 5.32 Å². The normalized spacial score (nSPS) is 20.7. The highest BCUT2D eigenvalue weighted by molar-refractivity contribution is 8.14. The van der Waals surface area contributed by atoms with E-state index in [4.69, 9.17) is 11.6 Å². The molecule has 0 aliphatic carbocycles.